The van der Waals surface area contributed by atoms with E-state index in [2.05, 4.69) is 36.1 Å². The molecule has 2 fully saturated rings. The van der Waals surface area contributed by atoms with Gasteiger partial charge in [0.1, 0.15) is 0 Å². The Hall–Kier alpha value is -1.00. The zero-order valence-electron chi connectivity index (χ0n) is 12.6. The Morgan fingerprint density at radius 1 is 1.38 bits per heavy atom. The molecule has 2 aliphatic rings. The minimum absolute atomic E-state index is 0.0545. The van der Waals surface area contributed by atoms with Crippen LogP contribution in [0.2, 0.25) is 0 Å². The molecular weight excluding hydrogens is 280 g/mol. The molecule has 0 bridgehead atoms. The van der Waals surface area contributed by atoms with Crippen LogP contribution in [0.3, 0.4) is 0 Å². The number of nitrogens with two attached hydrogens (primary N) is 1. The normalized spacial score (nSPS) is 27.4. The zero-order chi connectivity index (χ0) is 14.8. The van der Waals surface area contributed by atoms with Crippen molar-refractivity contribution in [2.24, 2.45) is 11.7 Å². The third kappa shape index (κ3) is 3.43. The molecule has 0 aromatic heterocycles. The van der Waals surface area contributed by atoms with Crippen molar-refractivity contribution >= 4 is 17.7 Å². The van der Waals surface area contributed by atoms with Gasteiger partial charge in [-0.15, -0.1) is 0 Å². The van der Waals surface area contributed by atoms with Gasteiger partial charge in [0.25, 0.3) is 0 Å². The molecule has 1 aliphatic carbocycles. The lowest BCUT2D eigenvalue weighted by atomic mass is 10.0. The second kappa shape index (κ2) is 6.41. The Morgan fingerprint density at radius 3 is 2.76 bits per heavy atom. The Balaban J connectivity index is 1.75. The van der Waals surface area contributed by atoms with Gasteiger partial charge in [0, 0.05) is 30.0 Å². The number of thioether (sulfide) groups is 1. The van der Waals surface area contributed by atoms with Crippen molar-refractivity contribution in [1.82, 2.24) is 4.90 Å². The molecule has 0 spiro atoms. The van der Waals surface area contributed by atoms with Gasteiger partial charge in [-0.1, -0.05) is 37.3 Å². The van der Waals surface area contributed by atoms with Gasteiger partial charge in [-0.3, -0.25) is 4.79 Å². The van der Waals surface area contributed by atoms with Crippen LogP contribution in [0, 0.1) is 5.92 Å². The molecule has 0 unspecified atom stereocenters. The van der Waals surface area contributed by atoms with Gasteiger partial charge in [-0.05, 0) is 24.3 Å². The first-order valence-electron chi connectivity index (χ1n) is 7.88. The van der Waals surface area contributed by atoms with Crippen LogP contribution >= 0.6 is 11.8 Å². The Morgan fingerprint density at radius 2 is 2.10 bits per heavy atom. The molecule has 4 heteroatoms. The molecule has 21 heavy (non-hydrogen) atoms. The van der Waals surface area contributed by atoms with Crippen LogP contribution in [-0.2, 0) is 4.79 Å². The summed E-state index contributed by atoms with van der Waals surface area (Å²) in [7, 11) is 0. The standard InChI is InChI=1S/C17H24N2OS/c1-12-17(14-5-3-2-4-6-14)19(9-10-21-12)16(20)11-15(18)13-7-8-13/h2-6,12-13,15,17H,7-11,18H2,1H3/t12-,15-,17-/m0/s1. The van der Waals surface area contributed by atoms with Gasteiger partial charge in [0.05, 0.1) is 6.04 Å². The van der Waals surface area contributed by atoms with Crippen LogP contribution in [0.25, 0.3) is 0 Å². The number of nitrogens with zero attached hydrogens (tertiary/aromatic N) is 1. The summed E-state index contributed by atoms with van der Waals surface area (Å²) >= 11 is 1.95. The van der Waals surface area contributed by atoms with E-state index >= 15 is 0 Å². The fraction of sp³-hybridized carbons (Fsp3) is 0.588. The largest absolute Gasteiger partial charge is 0.334 e. The lowest BCUT2D eigenvalue weighted by molar-refractivity contribution is -0.134. The fourth-order valence-corrected chi connectivity index (χ4v) is 4.37. The van der Waals surface area contributed by atoms with Gasteiger partial charge >= 0.3 is 0 Å². The fourth-order valence-electron chi connectivity index (χ4n) is 3.21. The van der Waals surface area contributed by atoms with Crippen molar-refractivity contribution in [1.29, 1.82) is 0 Å². The van der Waals surface area contributed by atoms with E-state index in [1.54, 1.807) is 0 Å². The third-order valence-corrected chi connectivity index (χ3v) is 5.79. The van der Waals surface area contributed by atoms with Gasteiger partial charge in [0.2, 0.25) is 5.91 Å². The van der Waals surface area contributed by atoms with Crippen molar-refractivity contribution in [3.63, 3.8) is 0 Å². The lowest BCUT2D eigenvalue weighted by Gasteiger charge is -2.40. The van der Waals surface area contributed by atoms with E-state index < -0.39 is 0 Å². The van der Waals surface area contributed by atoms with Crippen LogP contribution in [0.5, 0.6) is 0 Å². The number of carbonyl (C=O) groups excluding carboxylic acids is 1. The van der Waals surface area contributed by atoms with E-state index in [0.29, 0.717) is 17.6 Å². The first-order chi connectivity index (χ1) is 10.2. The monoisotopic (exact) mass is 304 g/mol. The number of hydrogen-bond acceptors (Lipinski definition) is 3. The van der Waals surface area contributed by atoms with Crippen molar-refractivity contribution in [3.8, 4) is 0 Å². The van der Waals surface area contributed by atoms with Crippen molar-refractivity contribution in [2.75, 3.05) is 12.3 Å². The highest BCUT2D eigenvalue weighted by atomic mass is 32.2. The summed E-state index contributed by atoms with van der Waals surface area (Å²) in [5.74, 6) is 1.84. The number of rotatable bonds is 4. The Labute approximate surface area is 131 Å². The van der Waals surface area contributed by atoms with Crippen LogP contribution in [0.1, 0.15) is 37.8 Å². The van der Waals surface area contributed by atoms with Crippen LogP contribution in [0.4, 0.5) is 0 Å². The second-order valence-electron chi connectivity index (χ2n) is 6.22. The van der Waals surface area contributed by atoms with E-state index in [0.717, 1.165) is 12.3 Å². The zero-order valence-corrected chi connectivity index (χ0v) is 13.4. The average Bonchev–Trinajstić information content (AvgIpc) is 3.32. The predicted octanol–water partition coefficient (Wildman–Crippen LogP) is 2.82. The quantitative estimate of drug-likeness (QED) is 0.930. The highest BCUT2D eigenvalue weighted by Gasteiger charge is 2.36. The number of carbonyl (C=O) groups is 1. The van der Waals surface area contributed by atoms with Crippen LogP contribution in [-0.4, -0.2) is 34.4 Å². The predicted molar refractivity (Wildman–Crippen MR) is 88.1 cm³/mol. The van der Waals surface area contributed by atoms with Gasteiger partial charge in [-0.2, -0.15) is 11.8 Å². The molecule has 1 heterocycles. The molecular formula is C17H24N2OS. The van der Waals surface area contributed by atoms with Gasteiger partial charge in [-0.25, -0.2) is 0 Å². The minimum atomic E-state index is 0.0545. The molecule has 1 saturated carbocycles. The van der Waals surface area contributed by atoms with E-state index in [1.807, 2.05) is 17.8 Å². The van der Waals surface area contributed by atoms with E-state index in [-0.39, 0.29) is 18.0 Å². The molecule has 3 atom stereocenters. The van der Waals surface area contributed by atoms with Crippen LogP contribution in [0.15, 0.2) is 30.3 Å². The average molecular weight is 304 g/mol. The summed E-state index contributed by atoms with van der Waals surface area (Å²) in [6, 6.07) is 10.6. The summed E-state index contributed by atoms with van der Waals surface area (Å²) in [5, 5.41) is 0.433. The van der Waals surface area contributed by atoms with E-state index in [1.165, 1.54) is 18.4 Å². The number of amides is 1. The Bertz CT molecular complexity index is 489. The molecule has 0 radical (unpaired) electrons. The molecule has 3 rings (SSSR count). The van der Waals surface area contributed by atoms with E-state index in [4.69, 9.17) is 5.73 Å². The summed E-state index contributed by atoms with van der Waals surface area (Å²) in [4.78, 5) is 14.8. The van der Waals surface area contributed by atoms with Gasteiger partial charge < -0.3 is 10.6 Å². The van der Waals surface area contributed by atoms with E-state index in [9.17, 15) is 4.79 Å². The molecule has 1 aromatic rings. The van der Waals surface area contributed by atoms with Gasteiger partial charge in [0.15, 0.2) is 0 Å². The molecule has 2 N–H and O–H groups in total. The highest BCUT2D eigenvalue weighted by Crippen LogP contribution is 2.37. The maximum atomic E-state index is 12.7. The summed E-state index contributed by atoms with van der Waals surface area (Å²) < 4.78 is 0. The number of hydrogen-bond donors (Lipinski definition) is 1. The summed E-state index contributed by atoms with van der Waals surface area (Å²) in [6.07, 6.45) is 2.90. The number of benzene rings is 1. The summed E-state index contributed by atoms with van der Waals surface area (Å²) in [5.41, 5.74) is 7.39. The van der Waals surface area contributed by atoms with Crippen molar-refractivity contribution in [2.45, 2.75) is 43.5 Å². The summed E-state index contributed by atoms with van der Waals surface area (Å²) in [6.45, 7) is 3.06. The highest BCUT2D eigenvalue weighted by molar-refractivity contribution is 8.00. The van der Waals surface area contributed by atoms with Crippen molar-refractivity contribution in [3.05, 3.63) is 35.9 Å². The maximum absolute atomic E-state index is 12.7. The minimum Gasteiger partial charge on any atom is -0.334 e. The lowest BCUT2D eigenvalue weighted by Crippen LogP contribution is -2.45. The molecule has 114 valence electrons. The SMILES string of the molecule is C[C@@H]1SCCN(C(=O)C[C@H](N)C2CC2)[C@@H]1c1ccccc1. The molecule has 1 aliphatic heterocycles. The first-order valence-corrected chi connectivity index (χ1v) is 8.93. The maximum Gasteiger partial charge on any atom is 0.224 e. The smallest absolute Gasteiger partial charge is 0.224 e. The topological polar surface area (TPSA) is 46.3 Å². The second-order valence-corrected chi connectivity index (χ2v) is 7.71. The molecule has 1 aromatic carbocycles. The first kappa shape index (κ1) is 14.9. The van der Waals surface area contributed by atoms with Crippen molar-refractivity contribution < 1.29 is 4.79 Å². The Kier molecular flexibility index (Phi) is 4.55. The molecule has 1 amide bonds. The van der Waals surface area contributed by atoms with Crippen LogP contribution < -0.4 is 5.73 Å². The third-order valence-electron chi connectivity index (χ3n) is 4.59. The molecule has 3 nitrogen and oxygen atoms in total. The molecule has 1 saturated heterocycles.